The van der Waals surface area contributed by atoms with Gasteiger partial charge in [0.1, 0.15) is 0 Å². The van der Waals surface area contributed by atoms with Gasteiger partial charge in [-0.1, -0.05) is 0 Å². The molecule has 8 aromatic rings. The standard InChI is InChI=1S/C35H25N3PS/c1-35(2,3)20-14-16-37-27(18-20)38-23-8-5-4-7-21(23)22-17-19-10-12-25-30-29(19)34(32(22)38)39(37)28-9-6-15-36(28)24-11-13-26(40-25)31(30)33(24)39/h4-18,39H,1-3H3/q+1. The molecule has 0 N–H and O–H groups in total. The van der Waals surface area contributed by atoms with Crippen molar-refractivity contribution in [1.82, 2.24) is 9.13 Å². The van der Waals surface area contributed by atoms with E-state index in [2.05, 4.69) is 125 Å². The van der Waals surface area contributed by atoms with Crippen LogP contribution in [-0.2, 0) is 5.41 Å². The van der Waals surface area contributed by atoms with E-state index in [1.807, 2.05) is 11.3 Å². The Morgan fingerprint density at radius 3 is 2.52 bits per heavy atom. The van der Waals surface area contributed by atoms with Crippen LogP contribution in [0.25, 0.3) is 64.3 Å². The molecule has 3 nitrogen and oxygen atoms in total. The average molecular weight is 551 g/mol. The van der Waals surface area contributed by atoms with Crippen molar-refractivity contribution in [2.24, 2.45) is 0 Å². The zero-order valence-corrected chi connectivity index (χ0v) is 24.2. The van der Waals surface area contributed by atoms with E-state index in [9.17, 15) is 0 Å². The molecule has 1 spiro atoms. The Morgan fingerprint density at radius 1 is 0.775 bits per heavy atom. The predicted molar refractivity (Wildman–Crippen MR) is 172 cm³/mol. The number of thiophene rings is 1. The van der Waals surface area contributed by atoms with Gasteiger partial charge >= 0.3 is 236 Å². The third-order valence-electron chi connectivity index (χ3n) is 10.0. The van der Waals surface area contributed by atoms with E-state index in [0.717, 1.165) is 0 Å². The van der Waals surface area contributed by atoms with Crippen molar-refractivity contribution in [3.05, 3.63) is 96.8 Å². The fraction of sp³-hybridized carbons (Fsp3) is 0.114. The second kappa shape index (κ2) is 6.17. The van der Waals surface area contributed by atoms with Gasteiger partial charge in [0.2, 0.25) is 0 Å². The molecule has 0 unspecified atom stereocenters. The second-order valence-electron chi connectivity index (χ2n) is 12.8. The van der Waals surface area contributed by atoms with Crippen molar-refractivity contribution in [3.8, 4) is 11.5 Å². The van der Waals surface area contributed by atoms with Gasteiger partial charge in [0.15, 0.2) is 0 Å². The van der Waals surface area contributed by atoms with E-state index in [0.29, 0.717) is 0 Å². The topological polar surface area (TPSA) is 13.7 Å². The molecule has 0 bridgehead atoms. The first kappa shape index (κ1) is 20.9. The Balaban J connectivity index is 1.55. The summed E-state index contributed by atoms with van der Waals surface area (Å²) in [5.74, 6) is 1.31. The van der Waals surface area contributed by atoms with E-state index in [1.165, 1.54) is 75.3 Å². The molecule has 0 atom stereocenters. The van der Waals surface area contributed by atoms with Crippen molar-refractivity contribution >= 4 is 87.5 Å². The van der Waals surface area contributed by atoms with Gasteiger partial charge in [0.05, 0.1) is 0 Å². The molecule has 0 amide bonds. The normalized spacial score (nSPS) is 16.4. The Labute approximate surface area is 234 Å². The van der Waals surface area contributed by atoms with E-state index in [1.54, 1.807) is 10.6 Å². The summed E-state index contributed by atoms with van der Waals surface area (Å²) in [4.78, 5) is 0. The number of nitrogens with zero attached hydrogens (tertiary/aromatic N) is 3. The summed E-state index contributed by atoms with van der Waals surface area (Å²) >= 11 is 1.96. The van der Waals surface area contributed by atoms with Gasteiger partial charge in [-0.2, -0.15) is 0 Å². The first-order valence-corrected chi connectivity index (χ1v) is 16.9. The Kier molecular flexibility index (Phi) is 3.22. The maximum absolute atomic E-state index is 2.76. The van der Waals surface area contributed by atoms with Crippen molar-refractivity contribution in [1.29, 1.82) is 0 Å². The molecule has 3 aliphatic heterocycles. The molecular formula is C35H25N3PS+. The third kappa shape index (κ3) is 1.95. The molecule has 5 heteroatoms. The van der Waals surface area contributed by atoms with Gasteiger partial charge in [-0.3, -0.25) is 0 Å². The molecule has 4 aromatic heterocycles. The van der Waals surface area contributed by atoms with Crippen LogP contribution in [0.1, 0.15) is 26.3 Å². The molecule has 0 saturated heterocycles. The van der Waals surface area contributed by atoms with Crippen LogP contribution in [0.5, 0.6) is 0 Å². The van der Waals surface area contributed by atoms with Crippen LogP contribution in [0.15, 0.2) is 91.3 Å². The summed E-state index contributed by atoms with van der Waals surface area (Å²) in [6.45, 7) is 6.99. The fourth-order valence-electron chi connectivity index (χ4n) is 8.48. The van der Waals surface area contributed by atoms with Gasteiger partial charge in [-0.15, -0.1) is 0 Å². The van der Waals surface area contributed by atoms with E-state index in [4.69, 9.17) is 0 Å². The van der Waals surface area contributed by atoms with Crippen molar-refractivity contribution in [2.45, 2.75) is 26.2 Å². The number of pyridine rings is 1. The SMILES string of the molecule is CC(C)(C)c1cc[n+]2c(c1)-n1c3ccccc3c3cc4ccc5sc6ccc7c8c6c5c4c(c31)[PH]82c1cccn1-7. The molecule has 7 heterocycles. The molecule has 0 aliphatic carbocycles. The monoisotopic (exact) mass is 550 g/mol. The summed E-state index contributed by atoms with van der Waals surface area (Å²) in [6.07, 6.45) is 4.75. The summed E-state index contributed by atoms with van der Waals surface area (Å²) in [5, 5.41) is 11.8. The van der Waals surface area contributed by atoms with Crippen LogP contribution in [-0.4, -0.2) is 9.13 Å². The van der Waals surface area contributed by atoms with E-state index >= 15 is 0 Å². The number of para-hydroxylation sites is 1. The molecule has 11 rings (SSSR count). The molecule has 40 heavy (non-hydrogen) atoms. The predicted octanol–water partition coefficient (Wildman–Crippen LogP) is 7.11. The molecule has 190 valence electrons. The Morgan fingerprint density at radius 2 is 1.62 bits per heavy atom. The minimum atomic E-state index is -2.68. The van der Waals surface area contributed by atoms with Crippen LogP contribution in [0.3, 0.4) is 0 Å². The number of aromatic nitrogens is 3. The first-order valence-electron chi connectivity index (χ1n) is 14.1. The second-order valence-corrected chi connectivity index (χ2v) is 17.3. The van der Waals surface area contributed by atoms with Crippen LogP contribution < -0.4 is 20.4 Å². The van der Waals surface area contributed by atoms with Crippen molar-refractivity contribution in [3.63, 3.8) is 0 Å². The van der Waals surface area contributed by atoms with Crippen LogP contribution >= 0.6 is 18.7 Å². The quantitative estimate of drug-likeness (QED) is 0.179. The molecule has 3 aliphatic rings. The van der Waals surface area contributed by atoms with Gasteiger partial charge < -0.3 is 0 Å². The summed E-state index contributed by atoms with van der Waals surface area (Å²) < 4.78 is 10.7. The molecule has 0 saturated carbocycles. The van der Waals surface area contributed by atoms with Gasteiger partial charge in [0, 0.05) is 0 Å². The van der Waals surface area contributed by atoms with Crippen molar-refractivity contribution < 1.29 is 4.34 Å². The zero-order valence-electron chi connectivity index (χ0n) is 22.4. The van der Waals surface area contributed by atoms with Crippen LogP contribution in [0, 0.1) is 0 Å². The zero-order chi connectivity index (χ0) is 26.3. The Hall–Kier alpha value is -3.98. The summed E-state index contributed by atoms with van der Waals surface area (Å²) in [6, 6.07) is 30.6. The molecule has 0 fully saturated rings. The summed E-state index contributed by atoms with van der Waals surface area (Å²) in [7, 11) is -2.68. The maximum atomic E-state index is 2.76. The molecule has 0 radical (unpaired) electrons. The molecule has 4 aromatic carbocycles. The van der Waals surface area contributed by atoms with E-state index < -0.39 is 7.41 Å². The molecular weight excluding hydrogens is 525 g/mol. The average Bonchev–Trinajstić information content (AvgIpc) is 3.71. The van der Waals surface area contributed by atoms with Crippen molar-refractivity contribution in [2.75, 3.05) is 0 Å². The van der Waals surface area contributed by atoms with Gasteiger partial charge in [-0.25, -0.2) is 0 Å². The Bertz CT molecular complexity index is 2540. The number of hydrogen-bond donors (Lipinski definition) is 0. The van der Waals surface area contributed by atoms with Gasteiger partial charge in [-0.05, 0) is 0 Å². The van der Waals surface area contributed by atoms with E-state index in [-0.39, 0.29) is 5.41 Å². The summed E-state index contributed by atoms with van der Waals surface area (Å²) in [5.41, 5.74) is 7.01. The van der Waals surface area contributed by atoms with Gasteiger partial charge in [0.25, 0.3) is 0 Å². The number of benzene rings is 4. The van der Waals surface area contributed by atoms with Crippen LogP contribution in [0.2, 0.25) is 0 Å². The number of fused-ring (bicyclic) bond motifs is 7. The first-order chi connectivity index (χ1) is 19.5. The third-order valence-corrected chi connectivity index (χ3v) is 15.8. The fourth-order valence-corrected chi connectivity index (χ4v) is 15.3. The number of hydrogen-bond acceptors (Lipinski definition) is 1. The number of rotatable bonds is 0. The van der Waals surface area contributed by atoms with Crippen LogP contribution in [0.4, 0.5) is 0 Å². The minimum absolute atomic E-state index is 0.0564.